The molecule has 0 aliphatic rings. The number of nitrogens with one attached hydrogen (secondary N) is 1. The maximum atomic E-state index is 12.8. The Labute approximate surface area is 186 Å². The van der Waals surface area contributed by atoms with Crippen molar-refractivity contribution >= 4 is 15.7 Å². The Morgan fingerprint density at radius 3 is 2.36 bits per heavy atom. The maximum absolute atomic E-state index is 12.8. The number of pyridine rings is 1. The number of hydrogen-bond donors (Lipinski definition) is 1. The molecule has 0 atom stereocenters. The number of hydrogen-bond acceptors (Lipinski definition) is 7. The van der Waals surface area contributed by atoms with Gasteiger partial charge in [-0.3, -0.25) is 9.71 Å². The van der Waals surface area contributed by atoms with Crippen LogP contribution in [-0.4, -0.2) is 29.9 Å². The van der Waals surface area contributed by atoms with Crippen LogP contribution in [0.15, 0.2) is 82.5 Å². The highest BCUT2D eigenvalue weighted by atomic mass is 32.2. The van der Waals surface area contributed by atoms with Gasteiger partial charge in [0, 0.05) is 18.0 Å². The van der Waals surface area contributed by atoms with E-state index in [1.807, 2.05) is 0 Å². The number of nitrogens with zero attached hydrogens (tertiary/aromatic N) is 3. The molecule has 0 unspecified atom stereocenters. The zero-order valence-electron chi connectivity index (χ0n) is 16.7. The van der Waals surface area contributed by atoms with Crippen LogP contribution in [0.2, 0.25) is 0 Å². The monoisotopic (exact) mass is 476 g/mol. The van der Waals surface area contributed by atoms with E-state index in [2.05, 4.69) is 24.6 Å². The Morgan fingerprint density at radius 2 is 1.67 bits per heavy atom. The normalized spacial score (nSPS) is 11.8. The van der Waals surface area contributed by atoms with E-state index in [9.17, 15) is 21.6 Å². The Morgan fingerprint density at radius 1 is 0.970 bits per heavy atom. The fourth-order valence-electron chi connectivity index (χ4n) is 2.91. The number of benzene rings is 2. The van der Waals surface area contributed by atoms with E-state index >= 15 is 0 Å². The lowest BCUT2D eigenvalue weighted by Crippen LogP contribution is -2.17. The molecule has 2 heterocycles. The quantitative estimate of drug-likeness (QED) is 0.421. The average molecular weight is 476 g/mol. The van der Waals surface area contributed by atoms with E-state index in [1.54, 1.807) is 48.8 Å². The highest BCUT2D eigenvalue weighted by Crippen LogP contribution is 2.26. The fourth-order valence-corrected chi connectivity index (χ4v) is 4.01. The molecule has 0 radical (unpaired) electrons. The van der Waals surface area contributed by atoms with Crippen molar-refractivity contribution in [2.45, 2.75) is 17.7 Å². The first-order valence-corrected chi connectivity index (χ1v) is 10.9. The molecule has 4 aromatic rings. The van der Waals surface area contributed by atoms with Crippen molar-refractivity contribution in [1.29, 1.82) is 0 Å². The molecule has 0 saturated carbocycles. The van der Waals surface area contributed by atoms with Gasteiger partial charge in [0.1, 0.15) is 5.75 Å². The maximum Gasteiger partial charge on any atom is 0.573 e. The van der Waals surface area contributed by atoms with Crippen molar-refractivity contribution in [2.75, 3.05) is 4.72 Å². The molecule has 4 rings (SSSR count). The molecule has 0 fully saturated rings. The smallest absolute Gasteiger partial charge is 0.406 e. The third-order valence-corrected chi connectivity index (χ3v) is 5.76. The van der Waals surface area contributed by atoms with Gasteiger partial charge in [-0.05, 0) is 48.0 Å². The Kier molecular flexibility index (Phi) is 6.01. The van der Waals surface area contributed by atoms with Crippen molar-refractivity contribution in [3.63, 3.8) is 0 Å². The first-order valence-electron chi connectivity index (χ1n) is 9.39. The van der Waals surface area contributed by atoms with E-state index < -0.39 is 22.1 Å². The van der Waals surface area contributed by atoms with Gasteiger partial charge in [-0.25, -0.2) is 8.42 Å². The first kappa shape index (κ1) is 22.3. The van der Waals surface area contributed by atoms with Crippen LogP contribution in [-0.2, 0) is 16.4 Å². The summed E-state index contributed by atoms with van der Waals surface area (Å²) in [5, 5.41) is 3.92. The summed E-state index contributed by atoms with van der Waals surface area (Å²) >= 11 is 0. The zero-order chi connectivity index (χ0) is 23.5. The number of aromatic nitrogens is 3. The first-order chi connectivity index (χ1) is 15.7. The second-order valence-electron chi connectivity index (χ2n) is 6.71. The third-order valence-electron chi connectivity index (χ3n) is 4.38. The Hall–Kier alpha value is -3.93. The predicted octanol–water partition coefficient (Wildman–Crippen LogP) is 4.42. The summed E-state index contributed by atoms with van der Waals surface area (Å²) < 4.78 is 73.9. The van der Waals surface area contributed by atoms with Gasteiger partial charge >= 0.3 is 6.36 Å². The second kappa shape index (κ2) is 8.90. The molecule has 1 N–H and O–H groups in total. The van der Waals surface area contributed by atoms with E-state index in [0.717, 1.165) is 24.3 Å². The molecule has 170 valence electrons. The molecule has 2 aromatic heterocycles. The number of halogens is 3. The van der Waals surface area contributed by atoms with E-state index in [0.29, 0.717) is 17.0 Å². The zero-order valence-corrected chi connectivity index (χ0v) is 17.5. The lowest BCUT2D eigenvalue weighted by molar-refractivity contribution is -0.274. The largest absolute Gasteiger partial charge is 0.573 e. The lowest BCUT2D eigenvalue weighted by atomic mass is 10.1. The van der Waals surface area contributed by atoms with Gasteiger partial charge in [0.15, 0.2) is 0 Å². The van der Waals surface area contributed by atoms with Gasteiger partial charge in [-0.15, -0.1) is 13.2 Å². The number of ether oxygens (including phenoxy) is 1. The molecular formula is C21H15F3N4O4S. The SMILES string of the molecule is O=S(=O)(Nc1ccccc1Cc1nc(-c2ccncc2)no1)c1ccc(OC(F)(F)F)cc1. The lowest BCUT2D eigenvalue weighted by Gasteiger charge is -2.13. The third kappa shape index (κ3) is 5.66. The number of sulfonamides is 1. The van der Waals surface area contributed by atoms with Crippen LogP contribution in [0.3, 0.4) is 0 Å². The summed E-state index contributed by atoms with van der Waals surface area (Å²) in [6, 6.07) is 13.9. The highest BCUT2D eigenvalue weighted by molar-refractivity contribution is 7.92. The molecule has 8 nitrogen and oxygen atoms in total. The molecule has 0 aliphatic carbocycles. The van der Waals surface area contributed by atoms with Crippen molar-refractivity contribution < 1.29 is 30.8 Å². The van der Waals surface area contributed by atoms with Crippen molar-refractivity contribution in [2.24, 2.45) is 0 Å². The molecule has 0 spiro atoms. The summed E-state index contributed by atoms with van der Waals surface area (Å²) in [5.74, 6) is 0.108. The Bertz CT molecular complexity index is 1340. The molecule has 12 heteroatoms. The van der Waals surface area contributed by atoms with Gasteiger partial charge in [0.25, 0.3) is 10.0 Å². The number of anilines is 1. The topological polar surface area (TPSA) is 107 Å². The van der Waals surface area contributed by atoms with Crippen LogP contribution in [0.4, 0.5) is 18.9 Å². The van der Waals surface area contributed by atoms with Gasteiger partial charge in [0.05, 0.1) is 17.0 Å². The molecule has 2 aromatic carbocycles. The average Bonchev–Trinajstić information content (AvgIpc) is 3.23. The van der Waals surface area contributed by atoms with Crippen LogP contribution in [0.1, 0.15) is 11.5 Å². The number of alkyl halides is 3. The van der Waals surface area contributed by atoms with Gasteiger partial charge in [-0.2, -0.15) is 4.98 Å². The van der Waals surface area contributed by atoms with Crippen LogP contribution < -0.4 is 9.46 Å². The molecule has 0 bridgehead atoms. The fraction of sp³-hybridized carbons (Fsp3) is 0.0952. The second-order valence-corrected chi connectivity index (χ2v) is 8.39. The van der Waals surface area contributed by atoms with Crippen LogP contribution in [0, 0.1) is 0 Å². The highest BCUT2D eigenvalue weighted by Gasteiger charge is 2.31. The standard InChI is InChI=1S/C21H15F3N4O4S/c22-21(23,24)31-16-5-7-17(8-6-16)33(29,30)28-18-4-2-1-3-15(18)13-19-26-20(27-32-19)14-9-11-25-12-10-14/h1-12,28H,13H2. The minimum absolute atomic E-state index is 0.148. The van der Waals surface area contributed by atoms with Gasteiger partial charge in [-0.1, -0.05) is 23.4 Å². The minimum atomic E-state index is -4.87. The summed E-state index contributed by atoms with van der Waals surface area (Å²) in [6.07, 6.45) is -1.53. The van der Waals surface area contributed by atoms with Gasteiger partial charge < -0.3 is 9.26 Å². The Balaban J connectivity index is 1.52. The predicted molar refractivity (Wildman–Crippen MR) is 111 cm³/mol. The van der Waals surface area contributed by atoms with Crippen LogP contribution in [0.5, 0.6) is 5.75 Å². The van der Waals surface area contributed by atoms with E-state index in [1.165, 1.54) is 0 Å². The number of para-hydroxylation sites is 1. The molecule has 0 amide bonds. The molecule has 0 saturated heterocycles. The minimum Gasteiger partial charge on any atom is -0.406 e. The van der Waals surface area contributed by atoms with Crippen LogP contribution in [0.25, 0.3) is 11.4 Å². The molecule has 33 heavy (non-hydrogen) atoms. The van der Waals surface area contributed by atoms with Gasteiger partial charge in [0.2, 0.25) is 11.7 Å². The molecule has 0 aliphatic heterocycles. The van der Waals surface area contributed by atoms with Crippen molar-refractivity contribution in [1.82, 2.24) is 15.1 Å². The summed E-state index contributed by atoms with van der Waals surface area (Å²) in [5.41, 5.74) is 1.53. The summed E-state index contributed by atoms with van der Waals surface area (Å²) in [7, 11) is -4.09. The summed E-state index contributed by atoms with van der Waals surface area (Å²) in [4.78, 5) is 8.02. The van der Waals surface area contributed by atoms with E-state index in [-0.39, 0.29) is 22.9 Å². The summed E-state index contributed by atoms with van der Waals surface area (Å²) in [6.45, 7) is 0. The van der Waals surface area contributed by atoms with E-state index in [4.69, 9.17) is 4.52 Å². The number of rotatable bonds is 7. The van der Waals surface area contributed by atoms with Crippen LogP contribution >= 0.6 is 0 Å². The van der Waals surface area contributed by atoms with Crippen molar-refractivity contribution in [3.8, 4) is 17.1 Å². The molecular weight excluding hydrogens is 461 g/mol. The van der Waals surface area contributed by atoms with Crippen molar-refractivity contribution in [3.05, 3.63) is 84.5 Å².